The van der Waals surface area contributed by atoms with Crippen LogP contribution in [0.25, 0.3) is 5.69 Å². The molecule has 1 aliphatic rings. The summed E-state index contributed by atoms with van der Waals surface area (Å²) in [6, 6.07) is 15.9. The molecule has 0 unspecified atom stereocenters. The van der Waals surface area contributed by atoms with Crippen molar-refractivity contribution in [2.45, 2.75) is 25.2 Å². The van der Waals surface area contributed by atoms with E-state index in [2.05, 4.69) is 34.6 Å². The summed E-state index contributed by atoms with van der Waals surface area (Å²) in [5, 5.41) is 3.10. The predicted molar refractivity (Wildman–Crippen MR) is 105 cm³/mol. The van der Waals surface area contributed by atoms with E-state index in [4.69, 9.17) is 4.74 Å². The molecule has 0 aliphatic heterocycles. The van der Waals surface area contributed by atoms with E-state index in [1.807, 2.05) is 35.9 Å². The molecule has 1 aromatic heterocycles. The number of aromatic nitrogens is 2. The van der Waals surface area contributed by atoms with Gasteiger partial charge in [-0.15, -0.1) is 0 Å². The highest BCUT2D eigenvalue weighted by Gasteiger charge is 2.44. The molecule has 2 aromatic carbocycles. The molecule has 1 N–H and O–H groups in total. The fourth-order valence-electron chi connectivity index (χ4n) is 3.45. The van der Waals surface area contributed by atoms with Gasteiger partial charge >= 0.3 is 0 Å². The van der Waals surface area contributed by atoms with Gasteiger partial charge < -0.3 is 14.6 Å². The average molecular weight is 361 g/mol. The van der Waals surface area contributed by atoms with Crippen LogP contribution in [0.15, 0.2) is 61.1 Å². The minimum absolute atomic E-state index is 0.0798. The lowest BCUT2D eigenvalue weighted by atomic mass is 9.96. The van der Waals surface area contributed by atoms with Crippen molar-refractivity contribution in [3.05, 3.63) is 77.9 Å². The number of carbonyl (C=O) groups is 1. The Morgan fingerprint density at radius 1 is 1.22 bits per heavy atom. The molecule has 1 amide bonds. The molecule has 1 heterocycles. The summed E-state index contributed by atoms with van der Waals surface area (Å²) in [6.07, 6.45) is 5.89. The van der Waals surface area contributed by atoms with Crippen LogP contribution in [0.5, 0.6) is 5.75 Å². The van der Waals surface area contributed by atoms with Crippen molar-refractivity contribution in [2.24, 2.45) is 0 Å². The summed E-state index contributed by atoms with van der Waals surface area (Å²) in [7, 11) is 1.61. The molecule has 1 fully saturated rings. The summed E-state index contributed by atoms with van der Waals surface area (Å²) in [5.74, 6) is 0.563. The first kappa shape index (κ1) is 17.3. The Bertz CT molecular complexity index is 959. The Morgan fingerprint density at radius 3 is 2.63 bits per heavy atom. The number of hydrogen-bond donors (Lipinski definition) is 1. The third-order valence-electron chi connectivity index (χ3n) is 5.26. The van der Waals surface area contributed by atoms with Crippen LogP contribution in [-0.2, 0) is 5.41 Å². The third-order valence-corrected chi connectivity index (χ3v) is 5.26. The van der Waals surface area contributed by atoms with Gasteiger partial charge in [-0.05, 0) is 43.5 Å². The average Bonchev–Trinajstić information content (AvgIpc) is 3.39. The van der Waals surface area contributed by atoms with Crippen LogP contribution < -0.4 is 10.1 Å². The van der Waals surface area contributed by atoms with Crippen LogP contribution in [0.2, 0.25) is 0 Å². The standard InChI is InChI=1S/C22H23N3O2/c1-16-13-25(15-24-16)19-9-8-17(12-20(19)27-2)21(26)23-14-22(10-11-22)18-6-4-3-5-7-18/h3-9,12-13,15H,10-11,14H2,1-2H3,(H,23,26). The maximum Gasteiger partial charge on any atom is 0.251 e. The molecular weight excluding hydrogens is 338 g/mol. The van der Waals surface area contributed by atoms with Crippen LogP contribution in [0.4, 0.5) is 0 Å². The number of imidazole rings is 1. The van der Waals surface area contributed by atoms with E-state index in [1.54, 1.807) is 19.5 Å². The van der Waals surface area contributed by atoms with E-state index in [9.17, 15) is 4.79 Å². The zero-order valence-electron chi connectivity index (χ0n) is 15.6. The van der Waals surface area contributed by atoms with Gasteiger partial charge in [0.1, 0.15) is 5.75 Å². The minimum Gasteiger partial charge on any atom is -0.495 e. The second-order valence-corrected chi connectivity index (χ2v) is 7.14. The quantitative estimate of drug-likeness (QED) is 0.729. The number of amides is 1. The lowest BCUT2D eigenvalue weighted by Crippen LogP contribution is -2.32. The summed E-state index contributed by atoms with van der Waals surface area (Å²) in [6.45, 7) is 2.59. The minimum atomic E-state index is -0.0798. The summed E-state index contributed by atoms with van der Waals surface area (Å²) >= 11 is 0. The highest BCUT2D eigenvalue weighted by molar-refractivity contribution is 5.95. The zero-order chi connectivity index (χ0) is 18.9. The molecule has 0 bridgehead atoms. The van der Waals surface area contributed by atoms with Gasteiger partial charge in [0.2, 0.25) is 0 Å². The van der Waals surface area contributed by atoms with Crippen molar-refractivity contribution in [1.82, 2.24) is 14.9 Å². The van der Waals surface area contributed by atoms with Gasteiger partial charge in [0.05, 0.1) is 24.8 Å². The van der Waals surface area contributed by atoms with Crippen LogP contribution in [0.3, 0.4) is 0 Å². The number of nitrogens with one attached hydrogen (secondary N) is 1. The van der Waals surface area contributed by atoms with Crippen molar-refractivity contribution in [3.63, 3.8) is 0 Å². The van der Waals surface area contributed by atoms with Gasteiger partial charge in [0, 0.05) is 23.7 Å². The number of aryl methyl sites for hydroxylation is 1. The second-order valence-electron chi connectivity index (χ2n) is 7.14. The van der Waals surface area contributed by atoms with Crippen LogP contribution >= 0.6 is 0 Å². The van der Waals surface area contributed by atoms with Gasteiger partial charge in [-0.25, -0.2) is 4.98 Å². The number of carbonyl (C=O) groups excluding carboxylic acids is 1. The Labute approximate surface area is 159 Å². The molecule has 5 nitrogen and oxygen atoms in total. The predicted octanol–water partition coefficient (Wildman–Crippen LogP) is 3.65. The first-order valence-electron chi connectivity index (χ1n) is 9.14. The lowest BCUT2D eigenvalue weighted by Gasteiger charge is -2.17. The van der Waals surface area contributed by atoms with Gasteiger partial charge in [0.15, 0.2) is 0 Å². The molecule has 138 valence electrons. The van der Waals surface area contributed by atoms with Gasteiger partial charge in [-0.2, -0.15) is 0 Å². The van der Waals surface area contributed by atoms with E-state index < -0.39 is 0 Å². The molecule has 3 aromatic rings. The normalized spacial score (nSPS) is 14.6. The van der Waals surface area contributed by atoms with Crippen LogP contribution in [0.1, 0.15) is 34.5 Å². The Balaban J connectivity index is 1.49. The van der Waals surface area contributed by atoms with Crippen molar-refractivity contribution in [2.75, 3.05) is 13.7 Å². The van der Waals surface area contributed by atoms with E-state index in [-0.39, 0.29) is 11.3 Å². The summed E-state index contributed by atoms with van der Waals surface area (Å²) in [4.78, 5) is 16.9. The van der Waals surface area contributed by atoms with E-state index >= 15 is 0 Å². The van der Waals surface area contributed by atoms with E-state index in [0.29, 0.717) is 17.9 Å². The number of benzene rings is 2. The smallest absolute Gasteiger partial charge is 0.251 e. The second kappa shape index (κ2) is 6.91. The monoisotopic (exact) mass is 361 g/mol. The molecule has 0 saturated heterocycles. The highest BCUT2D eigenvalue weighted by atomic mass is 16.5. The maximum absolute atomic E-state index is 12.7. The summed E-state index contributed by atoms with van der Waals surface area (Å²) < 4.78 is 7.39. The number of hydrogen-bond acceptors (Lipinski definition) is 3. The number of ether oxygens (including phenoxy) is 1. The van der Waals surface area contributed by atoms with Crippen molar-refractivity contribution in [3.8, 4) is 11.4 Å². The topological polar surface area (TPSA) is 56.1 Å². The van der Waals surface area contributed by atoms with Gasteiger partial charge in [0.25, 0.3) is 5.91 Å². The Morgan fingerprint density at radius 2 is 2.00 bits per heavy atom. The van der Waals surface area contributed by atoms with E-state index in [1.165, 1.54) is 5.56 Å². The maximum atomic E-state index is 12.7. The SMILES string of the molecule is COc1cc(C(=O)NCC2(c3ccccc3)CC2)ccc1-n1cnc(C)c1. The third kappa shape index (κ3) is 3.45. The lowest BCUT2D eigenvalue weighted by molar-refractivity contribution is 0.0949. The first-order valence-corrected chi connectivity index (χ1v) is 9.14. The van der Waals surface area contributed by atoms with Crippen LogP contribution in [-0.4, -0.2) is 29.1 Å². The zero-order valence-corrected chi connectivity index (χ0v) is 15.6. The van der Waals surface area contributed by atoms with Crippen molar-refractivity contribution >= 4 is 5.91 Å². The molecule has 5 heteroatoms. The van der Waals surface area contributed by atoms with Gasteiger partial charge in [-0.1, -0.05) is 30.3 Å². The molecule has 0 radical (unpaired) electrons. The Hall–Kier alpha value is -3.08. The van der Waals surface area contributed by atoms with Crippen molar-refractivity contribution in [1.29, 1.82) is 0 Å². The molecule has 1 saturated carbocycles. The molecule has 1 aliphatic carbocycles. The first-order chi connectivity index (χ1) is 13.1. The van der Waals surface area contributed by atoms with E-state index in [0.717, 1.165) is 24.2 Å². The largest absolute Gasteiger partial charge is 0.495 e. The molecule has 0 atom stereocenters. The Kier molecular flexibility index (Phi) is 4.44. The molecule has 27 heavy (non-hydrogen) atoms. The van der Waals surface area contributed by atoms with Gasteiger partial charge in [-0.3, -0.25) is 4.79 Å². The number of nitrogens with zero attached hydrogens (tertiary/aromatic N) is 2. The molecular formula is C22H23N3O2. The number of methoxy groups -OCH3 is 1. The fraction of sp³-hybridized carbons (Fsp3) is 0.273. The molecule has 4 rings (SSSR count). The fourth-order valence-corrected chi connectivity index (χ4v) is 3.45. The summed E-state index contributed by atoms with van der Waals surface area (Å²) in [5.41, 5.74) is 3.77. The highest BCUT2D eigenvalue weighted by Crippen LogP contribution is 2.47. The van der Waals surface area contributed by atoms with Crippen LogP contribution in [0, 0.1) is 6.92 Å². The van der Waals surface area contributed by atoms with Crippen molar-refractivity contribution < 1.29 is 9.53 Å². The number of rotatable bonds is 6. The molecule has 0 spiro atoms.